The molecular formula is C22H40N4O3. The van der Waals surface area contributed by atoms with E-state index in [1.165, 1.54) is 6.42 Å². The number of aliphatic hydroxyl groups excluding tert-OH is 1. The van der Waals surface area contributed by atoms with E-state index in [1.54, 1.807) is 0 Å². The highest BCUT2D eigenvalue weighted by Gasteiger charge is 2.34. The number of likely N-dealkylation sites (tertiary alicyclic amines) is 2. The summed E-state index contributed by atoms with van der Waals surface area (Å²) in [5.74, 6) is 0.0136. The molecule has 3 rings (SSSR count). The molecule has 7 nitrogen and oxygen atoms in total. The third-order valence-electron chi connectivity index (χ3n) is 7.14. The van der Waals surface area contributed by atoms with Crippen LogP contribution in [0.1, 0.15) is 65.2 Å². The fraction of sp³-hybridized carbons (Fsp3) is 0.909. The third-order valence-corrected chi connectivity index (χ3v) is 7.14. The van der Waals surface area contributed by atoms with Crippen molar-refractivity contribution in [2.24, 2.45) is 5.92 Å². The zero-order valence-corrected chi connectivity index (χ0v) is 18.3. The molecule has 0 spiro atoms. The van der Waals surface area contributed by atoms with Gasteiger partial charge in [0, 0.05) is 51.4 Å². The van der Waals surface area contributed by atoms with Crippen molar-refractivity contribution in [2.75, 3.05) is 39.3 Å². The third kappa shape index (κ3) is 5.63. The number of nitrogens with one attached hydrogen (secondary N) is 1. The molecule has 2 heterocycles. The molecule has 2 saturated heterocycles. The fourth-order valence-corrected chi connectivity index (χ4v) is 5.27. The first kappa shape index (κ1) is 22.3. The van der Waals surface area contributed by atoms with Gasteiger partial charge in [-0.15, -0.1) is 0 Å². The Balaban J connectivity index is 1.45. The van der Waals surface area contributed by atoms with Crippen molar-refractivity contribution < 1.29 is 14.7 Å². The van der Waals surface area contributed by atoms with Crippen molar-refractivity contribution in [3.8, 4) is 0 Å². The Kier molecular flexibility index (Phi) is 8.18. The number of nitrogens with zero attached hydrogens (tertiary/aromatic N) is 3. The van der Waals surface area contributed by atoms with E-state index in [2.05, 4.69) is 10.2 Å². The number of piperidine rings is 2. The number of hydrogen-bond acceptors (Lipinski definition) is 4. The highest BCUT2D eigenvalue weighted by atomic mass is 16.3. The molecule has 3 atom stereocenters. The normalized spacial score (nSPS) is 29.5. The van der Waals surface area contributed by atoms with Gasteiger partial charge in [-0.1, -0.05) is 12.8 Å². The lowest BCUT2D eigenvalue weighted by Crippen LogP contribution is -2.54. The molecule has 3 amide bonds. The van der Waals surface area contributed by atoms with E-state index in [0.29, 0.717) is 25.7 Å². The molecule has 0 aromatic heterocycles. The van der Waals surface area contributed by atoms with Crippen LogP contribution in [0.15, 0.2) is 0 Å². The molecule has 2 N–H and O–H groups in total. The SMILES string of the molecule is CCN(CC)C(=O)N1CCC[C@H](C(=O)NC2CCN([C@H]3CCCC[C@@H]3O)CC2)C1. The second-order valence-electron chi connectivity index (χ2n) is 8.98. The van der Waals surface area contributed by atoms with Crippen LogP contribution in [0.25, 0.3) is 0 Å². The largest absolute Gasteiger partial charge is 0.391 e. The van der Waals surface area contributed by atoms with Crippen molar-refractivity contribution in [2.45, 2.75) is 83.4 Å². The van der Waals surface area contributed by atoms with Gasteiger partial charge in [0.15, 0.2) is 0 Å². The molecule has 3 fully saturated rings. The van der Waals surface area contributed by atoms with Crippen LogP contribution < -0.4 is 5.32 Å². The standard InChI is InChI=1S/C22H40N4O3/c1-3-24(4-2)22(29)26-13-7-8-17(16-26)21(28)23-18-11-14-25(15-12-18)19-9-5-6-10-20(19)27/h17-20,27H,3-16H2,1-2H3,(H,23,28)/t17-,19-,20-/m0/s1. The maximum Gasteiger partial charge on any atom is 0.320 e. The average Bonchev–Trinajstić information content (AvgIpc) is 2.75. The van der Waals surface area contributed by atoms with Gasteiger partial charge < -0.3 is 20.2 Å². The molecule has 0 unspecified atom stereocenters. The summed E-state index contributed by atoms with van der Waals surface area (Å²) >= 11 is 0. The van der Waals surface area contributed by atoms with E-state index in [-0.39, 0.29) is 30.0 Å². The summed E-state index contributed by atoms with van der Waals surface area (Å²) in [7, 11) is 0. The number of amides is 3. The molecule has 0 radical (unpaired) electrons. The van der Waals surface area contributed by atoms with Gasteiger partial charge >= 0.3 is 6.03 Å². The quantitative estimate of drug-likeness (QED) is 0.730. The summed E-state index contributed by atoms with van der Waals surface area (Å²) in [6, 6.07) is 0.582. The van der Waals surface area contributed by atoms with Crippen molar-refractivity contribution in [1.82, 2.24) is 20.0 Å². The summed E-state index contributed by atoms with van der Waals surface area (Å²) < 4.78 is 0. The zero-order chi connectivity index (χ0) is 20.8. The fourth-order valence-electron chi connectivity index (χ4n) is 5.27. The first-order valence-electron chi connectivity index (χ1n) is 11.8. The molecule has 0 aromatic rings. The van der Waals surface area contributed by atoms with Crippen molar-refractivity contribution in [1.29, 1.82) is 0 Å². The maximum absolute atomic E-state index is 12.9. The lowest BCUT2D eigenvalue weighted by atomic mass is 9.89. The number of rotatable bonds is 5. The van der Waals surface area contributed by atoms with Crippen LogP contribution in [-0.4, -0.2) is 89.2 Å². The number of urea groups is 1. The van der Waals surface area contributed by atoms with E-state index in [9.17, 15) is 14.7 Å². The highest BCUT2D eigenvalue weighted by molar-refractivity contribution is 5.81. The molecule has 1 saturated carbocycles. The predicted molar refractivity (Wildman–Crippen MR) is 114 cm³/mol. The summed E-state index contributed by atoms with van der Waals surface area (Å²) in [4.78, 5) is 31.6. The second kappa shape index (κ2) is 10.6. The maximum atomic E-state index is 12.9. The number of hydrogen-bond donors (Lipinski definition) is 2. The van der Waals surface area contributed by atoms with Gasteiger partial charge in [-0.05, 0) is 52.4 Å². The lowest BCUT2D eigenvalue weighted by Gasteiger charge is -2.42. The molecule has 7 heteroatoms. The van der Waals surface area contributed by atoms with Crippen LogP contribution in [-0.2, 0) is 4.79 Å². The van der Waals surface area contributed by atoms with Crippen LogP contribution in [0.4, 0.5) is 4.79 Å². The Morgan fingerprint density at radius 1 is 0.966 bits per heavy atom. The first-order chi connectivity index (χ1) is 14.0. The Morgan fingerprint density at radius 2 is 1.66 bits per heavy atom. The minimum Gasteiger partial charge on any atom is -0.391 e. The summed E-state index contributed by atoms with van der Waals surface area (Å²) in [6.45, 7) is 8.58. The van der Waals surface area contributed by atoms with Crippen molar-refractivity contribution in [3.63, 3.8) is 0 Å². The average molecular weight is 409 g/mol. The summed E-state index contributed by atoms with van der Waals surface area (Å²) in [6.07, 6.45) is 7.83. The minimum absolute atomic E-state index is 0.0619. The molecule has 166 valence electrons. The molecule has 3 aliphatic rings. The van der Waals surface area contributed by atoms with Crippen molar-refractivity contribution in [3.05, 3.63) is 0 Å². The molecule has 1 aliphatic carbocycles. The molecule has 0 aromatic carbocycles. The Bertz CT molecular complexity index is 546. The Hall–Kier alpha value is -1.34. The second-order valence-corrected chi connectivity index (χ2v) is 8.98. The highest BCUT2D eigenvalue weighted by Crippen LogP contribution is 2.26. The lowest BCUT2D eigenvalue weighted by molar-refractivity contribution is -0.127. The number of carbonyl (C=O) groups excluding carboxylic acids is 2. The summed E-state index contributed by atoms with van der Waals surface area (Å²) in [5, 5.41) is 13.6. The number of aliphatic hydroxyl groups is 1. The topological polar surface area (TPSA) is 76.1 Å². The molecule has 29 heavy (non-hydrogen) atoms. The molecular weight excluding hydrogens is 368 g/mol. The summed E-state index contributed by atoms with van der Waals surface area (Å²) in [5.41, 5.74) is 0. The van der Waals surface area contributed by atoms with E-state index < -0.39 is 0 Å². The van der Waals surface area contributed by atoms with Crippen molar-refractivity contribution >= 4 is 11.9 Å². The van der Waals surface area contributed by atoms with E-state index in [1.807, 2.05) is 23.6 Å². The monoisotopic (exact) mass is 408 g/mol. The van der Waals surface area contributed by atoms with Crippen LogP contribution >= 0.6 is 0 Å². The smallest absolute Gasteiger partial charge is 0.320 e. The molecule has 0 bridgehead atoms. The van der Waals surface area contributed by atoms with Gasteiger partial charge in [0.05, 0.1) is 12.0 Å². The van der Waals surface area contributed by atoms with Gasteiger partial charge in [0.25, 0.3) is 0 Å². The minimum atomic E-state index is -0.188. The Morgan fingerprint density at radius 3 is 2.31 bits per heavy atom. The van der Waals surface area contributed by atoms with Gasteiger partial charge in [-0.2, -0.15) is 0 Å². The van der Waals surface area contributed by atoms with Crippen LogP contribution in [0, 0.1) is 5.92 Å². The van der Waals surface area contributed by atoms with Gasteiger partial charge in [-0.25, -0.2) is 4.79 Å². The van der Waals surface area contributed by atoms with Crippen LogP contribution in [0.5, 0.6) is 0 Å². The van der Waals surface area contributed by atoms with Gasteiger partial charge in [0.2, 0.25) is 5.91 Å². The number of carbonyl (C=O) groups is 2. The first-order valence-corrected chi connectivity index (χ1v) is 11.8. The van der Waals surface area contributed by atoms with Gasteiger partial charge in [0.1, 0.15) is 0 Å². The zero-order valence-electron chi connectivity index (χ0n) is 18.3. The van der Waals surface area contributed by atoms with E-state index in [0.717, 1.165) is 64.6 Å². The van der Waals surface area contributed by atoms with Crippen LogP contribution in [0.3, 0.4) is 0 Å². The van der Waals surface area contributed by atoms with E-state index >= 15 is 0 Å². The Labute approximate surface area is 175 Å². The van der Waals surface area contributed by atoms with Gasteiger partial charge in [-0.3, -0.25) is 9.69 Å². The molecule has 2 aliphatic heterocycles. The van der Waals surface area contributed by atoms with E-state index in [4.69, 9.17) is 0 Å². The van der Waals surface area contributed by atoms with Crippen LogP contribution in [0.2, 0.25) is 0 Å². The predicted octanol–water partition coefficient (Wildman–Crippen LogP) is 2.04.